The molecular formula is C20H19F2NO3S2. The van der Waals surface area contributed by atoms with E-state index in [-0.39, 0.29) is 5.56 Å². The van der Waals surface area contributed by atoms with E-state index in [0.717, 1.165) is 29.2 Å². The van der Waals surface area contributed by atoms with Gasteiger partial charge < -0.3 is 10.1 Å². The normalized spacial score (nSPS) is 15.2. The summed E-state index contributed by atoms with van der Waals surface area (Å²) in [5.74, 6) is -0.370. The molecule has 3 rings (SSSR count). The van der Waals surface area contributed by atoms with Crippen LogP contribution >= 0.6 is 23.5 Å². The predicted octanol–water partition coefficient (Wildman–Crippen LogP) is 4.48. The van der Waals surface area contributed by atoms with Gasteiger partial charge in [-0.3, -0.25) is 4.79 Å². The molecule has 1 aliphatic rings. The Balaban J connectivity index is 1.50. The fraction of sp³-hybridized carbons (Fsp3) is 0.300. The molecule has 1 fully saturated rings. The van der Waals surface area contributed by atoms with Crippen molar-refractivity contribution in [3.8, 4) is 0 Å². The molecule has 0 unspecified atom stereocenters. The minimum atomic E-state index is -0.747. The maximum Gasteiger partial charge on any atom is 0.338 e. The fourth-order valence-electron chi connectivity index (χ4n) is 2.76. The number of esters is 1. The molecule has 1 amide bonds. The highest BCUT2D eigenvalue weighted by Gasteiger charge is 2.19. The van der Waals surface area contributed by atoms with Crippen LogP contribution in [0.3, 0.4) is 0 Å². The molecule has 148 valence electrons. The van der Waals surface area contributed by atoms with Crippen LogP contribution in [-0.2, 0) is 9.53 Å². The van der Waals surface area contributed by atoms with Crippen LogP contribution in [0.15, 0.2) is 42.5 Å². The zero-order valence-electron chi connectivity index (χ0n) is 15.1. The van der Waals surface area contributed by atoms with Gasteiger partial charge in [-0.2, -0.15) is 0 Å². The van der Waals surface area contributed by atoms with Crippen LogP contribution in [0.25, 0.3) is 0 Å². The van der Waals surface area contributed by atoms with Crippen LogP contribution in [0.5, 0.6) is 0 Å². The van der Waals surface area contributed by atoms with Crippen molar-refractivity contribution >= 4 is 35.4 Å². The average molecular weight is 424 g/mol. The zero-order valence-corrected chi connectivity index (χ0v) is 16.7. The van der Waals surface area contributed by atoms with E-state index in [2.05, 4.69) is 5.32 Å². The third-order valence-electron chi connectivity index (χ3n) is 4.18. The van der Waals surface area contributed by atoms with E-state index >= 15 is 0 Å². The standard InChI is InChI=1S/C20H19F2NO3S2/c1-12(16-7-6-15(21)10-17(16)22)23-18(24)11-26-19(25)13-2-4-14(5-3-13)20-27-8-9-28-20/h2-7,10,12,20H,8-9,11H2,1H3,(H,23,24)/t12-/m0/s1. The first-order valence-corrected chi connectivity index (χ1v) is 10.8. The molecule has 2 aromatic rings. The quantitative estimate of drug-likeness (QED) is 0.695. The smallest absolute Gasteiger partial charge is 0.338 e. The molecule has 1 saturated heterocycles. The molecule has 1 atom stereocenters. The molecule has 0 bridgehead atoms. The Morgan fingerprint density at radius 1 is 1.14 bits per heavy atom. The van der Waals surface area contributed by atoms with E-state index in [0.29, 0.717) is 10.1 Å². The number of benzene rings is 2. The molecule has 0 spiro atoms. The summed E-state index contributed by atoms with van der Waals surface area (Å²) in [7, 11) is 0. The second kappa shape index (κ2) is 9.43. The third-order valence-corrected chi connectivity index (χ3v) is 7.29. The van der Waals surface area contributed by atoms with Crippen molar-refractivity contribution in [2.75, 3.05) is 18.1 Å². The molecule has 28 heavy (non-hydrogen) atoms. The minimum Gasteiger partial charge on any atom is -0.452 e. The van der Waals surface area contributed by atoms with Gasteiger partial charge in [0.25, 0.3) is 5.91 Å². The van der Waals surface area contributed by atoms with Crippen molar-refractivity contribution in [1.82, 2.24) is 5.32 Å². The Labute approximate surface area is 170 Å². The van der Waals surface area contributed by atoms with E-state index in [4.69, 9.17) is 4.74 Å². The fourth-order valence-corrected chi connectivity index (χ4v) is 5.61. The lowest BCUT2D eigenvalue weighted by molar-refractivity contribution is -0.124. The Morgan fingerprint density at radius 3 is 2.46 bits per heavy atom. The number of ether oxygens (including phenoxy) is 1. The number of hydrogen-bond donors (Lipinski definition) is 1. The van der Waals surface area contributed by atoms with Gasteiger partial charge >= 0.3 is 5.97 Å². The molecule has 1 aliphatic heterocycles. The number of carbonyl (C=O) groups excluding carboxylic acids is 2. The predicted molar refractivity (Wildman–Crippen MR) is 107 cm³/mol. The van der Waals surface area contributed by atoms with E-state index in [1.54, 1.807) is 19.1 Å². The largest absolute Gasteiger partial charge is 0.452 e. The van der Waals surface area contributed by atoms with Crippen LogP contribution in [0.4, 0.5) is 8.78 Å². The van der Waals surface area contributed by atoms with Crippen LogP contribution in [0.2, 0.25) is 0 Å². The highest BCUT2D eigenvalue weighted by atomic mass is 32.2. The summed E-state index contributed by atoms with van der Waals surface area (Å²) in [6, 6.07) is 9.61. The van der Waals surface area contributed by atoms with Gasteiger partial charge in [0.05, 0.1) is 16.2 Å². The number of nitrogens with one attached hydrogen (secondary N) is 1. The summed E-state index contributed by atoms with van der Waals surface area (Å²) in [5, 5.41) is 2.53. The number of carbonyl (C=O) groups is 2. The zero-order chi connectivity index (χ0) is 20.1. The third kappa shape index (κ3) is 5.26. The Bertz CT molecular complexity index is 855. The summed E-state index contributed by atoms with van der Waals surface area (Å²) >= 11 is 3.75. The summed E-state index contributed by atoms with van der Waals surface area (Å²) in [4.78, 5) is 24.1. The lowest BCUT2D eigenvalue weighted by Gasteiger charge is -2.15. The Hall–Kier alpha value is -2.06. The van der Waals surface area contributed by atoms with Crippen LogP contribution < -0.4 is 5.32 Å². The molecule has 8 heteroatoms. The Morgan fingerprint density at radius 2 is 1.82 bits per heavy atom. The van der Waals surface area contributed by atoms with E-state index in [9.17, 15) is 18.4 Å². The number of rotatable bonds is 6. The maximum atomic E-state index is 13.8. The number of hydrogen-bond acceptors (Lipinski definition) is 5. The SMILES string of the molecule is C[C@H](NC(=O)COC(=O)c1ccc(C2SCCS2)cc1)c1ccc(F)cc1F. The average Bonchev–Trinajstić information content (AvgIpc) is 3.21. The highest BCUT2D eigenvalue weighted by Crippen LogP contribution is 2.45. The van der Waals surface area contributed by atoms with Gasteiger partial charge in [0.1, 0.15) is 11.6 Å². The second-order valence-electron chi connectivity index (χ2n) is 6.23. The second-order valence-corrected chi connectivity index (χ2v) is 8.95. The first kappa shape index (κ1) is 20.7. The molecule has 1 heterocycles. The monoisotopic (exact) mass is 423 g/mol. The number of amides is 1. The molecule has 4 nitrogen and oxygen atoms in total. The molecule has 2 aromatic carbocycles. The lowest BCUT2D eigenvalue weighted by Crippen LogP contribution is -2.31. The highest BCUT2D eigenvalue weighted by molar-refractivity contribution is 8.19. The Kier molecular flexibility index (Phi) is 6.96. The van der Waals surface area contributed by atoms with E-state index in [1.807, 2.05) is 35.7 Å². The molecule has 0 radical (unpaired) electrons. The van der Waals surface area contributed by atoms with Crippen molar-refractivity contribution in [3.63, 3.8) is 0 Å². The van der Waals surface area contributed by atoms with Gasteiger partial charge in [-0.15, -0.1) is 23.5 Å². The van der Waals surface area contributed by atoms with Gasteiger partial charge in [0.15, 0.2) is 6.61 Å². The van der Waals surface area contributed by atoms with Gasteiger partial charge in [0, 0.05) is 23.1 Å². The summed E-state index contributed by atoms with van der Waals surface area (Å²) in [6.07, 6.45) is 0. The topological polar surface area (TPSA) is 55.4 Å². The molecular weight excluding hydrogens is 404 g/mol. The van der Waals surface area contributed by atoms with Gasteiger partial charge in [0.2, 0.25) is 0 Å². The van der Waals surface area contributed by atoms with E-state index < -0.39 is 36.2 Å². The van der Waals surface area contributed by atoms with Crippen molar-refractivity contribution in [2.45, 2.75) is 17.5 Å². The van der Waals surface area contributed by atoms with Crippen molar-refractivity contribution < 1.29 is 23.1 Å². The summed E-state index contributed by atoms with van der Waals surface area (Å²) in [6.45, 7) is 1.08. The number of halogens is 2. The number of thioether (sulfide) groups is 2. The van der Waals surface area contributed by atoms with Gasteiger partial charge in [-0.25, -0.2) is 13.6 Å². The van der Waals surface area contributed by atoms with Crippen molar-refractivity contribution in [2.24, 2.45) is 0 Å². The molecule has 0 aromatic heterocycles. The summed E-state index contributed by atoms with van der Waals surface area (Å²) < 4.78 is 32.1. The van der Waals surface area contributed by atoms with Crippen LogP contribution in [-0.4, -0.2) is 30.0 Å². The van der Waals surface area contributed by atoms with Crippen molar-refractivity contribution in [1.29, 1.82) is 0 Å². The first-order valence-electron chi connectivity index (χ1n) is 8.68. The maximum absolute atomic E-state index is 13.8. The lowest BCUT2D eigenvalue weighted by atomic mass is 10.1. The molecule has 0 saturated carbocycles. The van der Waals surface area contributed by atoms with Crippen LogP contribution in [0, 0.1) is 11.6 Å². The van der Waals surface area contributed by atoms with Gasteiger partial charge in [-0.1, -0.05) is 18.2 Å². The van der Waals surface area contributed by atoms with Crippen molar-refractivity contribution in [3.05, 3.63) is 70.8 Å². The first-order chi connectivity index (χ1) is 13.4. The summed E-state index contributed by atoms with van der Waals surface area (Å²) in [5.41, 5.74) is 1.67. The van der Waals surface area contributed by atoms with Gasteiger partial charge in [-0.05, 0) is 30.7 Å². The van der Waals surface area contributed by atoms with E-state index in [1.165, 1.54) is 6.07 Å². The molecule has 0 aliphatic carbocycles. The van der Waals surface area contributed by atoms with Crippen LogP contribution in [0.1, 0.15) is 39.0 Å². The molecule has 1 N–H and O–H groups in total. The minimum absolute atomic E-state index is 0.152.